The maximum atomic E-state index is 11.3. The lowest BCUT2D eigenvalue weighted by atomic mass is 9.84. The Morgan fingerprint density at radius 2 is 2.05 bits per heavy atom. The molecule has 1 aromatic heterocycles. The van der Waals surface area contributed by atoms with E-state index in [0.717, 1.165) is 22.4 Å². The highest BCUT2D eigenvalue weighted by Crippen LogP contribution is 2.39. The van der Waals surface area contributed by atoms with Gasteiger partial charge in [0.15, 0.2) is 6.29 Å². The molecule has 2 heterocycles. The van der Waals surface area contributed by atoms with E-state index < -0.39 is 5.60 Å². The van der Waals surface area contributed by atoms with E-state index >= 15 is 0 Å². The first-order valence-electron chi connectivity index (χ1n) is 7.44. The summed E-state index contributed by atoms with van der Waals surface area (Å²) in [5.41, 5.74) is 0.655. The minimum Gasteiger partial charge on any atom is -0.380 e. The number of ether oxygens (including phenoxy) is 2. The van der Waals surface area contributed by atoms with Gasteiger partial charge in [0, 0.05) is 5.02 Å². The largest absolute Gasteiger partial charge is 0.380 e. The minimum atomic E-state index is -1.03. The minimum absolute atomic E-state index is 0.302. The molecule has 0 spiro atoms. The van der Waals surface area contributed by atoms with Crippen molar-refractivity contribution in [1.82, 2.24) is 0 Å². The average Bonchev–Trinajstić information content (AvgIpc) is 3.18. The number of aliphatic hydroxyl groups is 1. The quantitative estimate of drug-likeness (QED) is 0.873. The second kappa shape index (κ2) is 6.69. The molecule has 0 bridgehead atoms. The Kier molecular flexibility index (Phi) is 4.85. The molecular weight excluding hydrogens is 320 g/mol. The Morgan fingerprint density at radius 3 is 2.73 bits per heavy atom. The summed E-state index contributed by atoms with van der Waals surface area (Å²) in [4.78, 5) is 0.990. The molecule has 0 radical (unpaired) electrons. The average molecular weight is 339 g/mol. The van der Waals surface area contributed by atoms with Crippen molar-refractivity contribution in [3.05, 3.63) is 56.7 Å². The molecule has 0 aliphatic carbocycles. The third-order valence-electron chi connectivity index (χ3n) is 3.87. The van der Waals surface area contributed by atoms with Crippen molar-refractivity contribution in [3.8, 4) is 0 Å². The van der Waals surface area contributed by atoms with Crippen molar-refractivity contribution in [1.29, 1.82) is 0 Å². The van der Waals surface area contributed by atoms with E-state index in [1.165, 1.54) is 0 Å². The smallest absolute Gasteiger partial charge is 0.193 e. The second-order valence-corrected chi connectivity index (χ2v) is 6.81. The summed E-state index contributed by atoms with van der Waals surface area (Å²) < 4.78 is 11.1. The molecule has 1 unspecified atom stereocenters. The molecule has 3 nitrogen and oxygen atoms in total. The third kappa shape index (κ3) is 3.07. The van der Waals surface area contributed by atoms with Crippen LogP contribution in [0, 0.1) is 0 Å². The van der Waals surface area contributed by atoms with Gasteiger partial charge in [0.05, 0.1) is 18.1 Å². The number of hydrogen-bond donors (Lipinski definition) is 1. The van der Waals surface area contributed by atoms with Gasteiger partial charge in [-0.2, -0.15) is 0 Å². The number of halogens is 1. The molecule has 1 aliphatic rings. The predicted octanol–water partition coefficient (Wildman–Crippen LogP) is 4.48. The summed E-state index contributed by atoms with van der Waals surface area (Å²) >= 11 is 7.65. The van der Waals surface area contributed by atoms with Crippen LogP contribution in [0.15, 0.2) is 35.7 Å². The fourth-order valence-electron chi connectivity index (χ4n) is 2.78. The van der Waals surface area contributed by atoms with E-state index in [9.17, 15) is 5.11 Å². The van der Waals surface area contributed by atoms with Crippen LogP contribution in [0.1, 0.15) is 42.1 Å². The number of benzene rings is 1. The van der Waals surface area contributed by atoms with Gasteiger partial charge < -0.3 is 14.6 Å². The SMILES string of the molecule is CCCC(O)(c1cccc(Cl)c1)c1csc(C2OCCO2)c1. The van der Waals surface area contributed by atoms with Gasteiger partial charge in [-0.1, -0.05) is 37.1 Å². The standard InChI is InChI=1S/C17H19ClO3S/c1-2-6-17(19,12-4-3-5-14(18)9-12)13-10-15(22-11-13)16-20-7-8-21-16/h3-5,9-11,16,19H,2,6-8H2,1H3. The van der Waals surface area contributed by atoms with E-state index in [1.54, 1.807) is 11.3 Å². The Morgan fingerprint density at radius 1 is 1.27 bits per heavy atom. The highest BCUT2D eigenvalue weighted by Gasteiger charge is 2.33. The van der Waals surface area contributed by atoms with Crippen LogP contribution in [-0.4, -0.2) is 18.3 Å². The summed E-state index contributed by atoms with van der Waals surface area (Å²) in [7, 11) is 0. The molecule has 0 amide bonds. The van der Waals surface area contributed by atoms with Crippen LogP contribution < -0.4 is 0 Å². The first kappa shape index (κ1) is 16.0. The molecule has 22 heavy (non-hydrogen) atoms. The molecule has 1 saturated heterocycles. The predicted molar refractivity (Wildman–Crippen MR) is 88.3 cm³/mol. The zero-order valence-corrected chi connectivity index (χ0v) is 14.0. The topological polar surface area (TPSA) is 38.7 Å². The molecule has 0 saturated carbocycles. The Bertz CT molecular complexity index is 636. The molecule has 2 aromatic rings. The zero-order chi connectivity index (χ0) is 15.6. The highest BCUT2D eigenvalue weighted by atomic mass is 35.5. The van der Waals surface area contributed by atoms with Crippen LogP contribution >= 0.6 is 22.9 Å². The van der Waals surface area contributed by atoms with Crippen molar-refractivity contribution in [2.75, 3.05) is 13.2 Å². The molecule has 1 N–H and O–H groups in total. The maximum Gasteiger partial charge on any atom is 0.193 e. The van der Waals surface area contributed by atoms with Crippen LogP contribution in [0.25, 0.3) is 0 Å². The fraction of sp³-hybridized carbons (Fsp3) is 0.412. The summed E-state index contributed by atoms with van der Waals surface area (Å²) in [5.74, 6) is 0. The second-order valence-electron chi connectivity index (χ2n) is 5.43. The monoisotopic (exact) mass is 338 g/mol. The van der Waals surface area contributed by atoms with E-state index in [1.807, 2.05) is 35.7 Å². The van der Waals surface area contributed by atoms with Crippen molar-refractivity contribution >= 4 is 22.9 Å². The molecule has 1 aliphatic heterocycles. The van der Waals surface area contributed by atoms with Gasteiger partial charge in [-0.25, -0.2) is 0 Å². The van der Waals surface area contributed by atoms with Crippen LogP contribution in [0.2, 0.25) is 5.02 Å². The lowest BCUT2D eigenvalue weighted by Crippen LogP contribution is -2.26. The van der Waals surface area contributed by atoms with Crippen LogP contribution in [-0.2, 0) is 15.1 Å². The zero-order valence-electron chi connectivity index (χ0n) is 12.4. The van der Waals surface area contributed by atoms with Crippen LogP contribution in [0.5, 0.6) is 0 Å². The first-order chi connectivity index (χ1) is 10.6. The van der Waals surface area contributed by atoms with Crippen LogP contribution in [0.3, 0.4) is 0 Å². The Labute approximate surface area is 139 Å². The van der Waals surface area contributed by atoms with E-state index in [4.69, 9.17) is 21.1 Å². The summed E-state index contributed by atoms with van der Waals surface area (Å²) in [6.45, 7) is 3.29. The van der Waals surface area contributed by atoms with Gasteiger partial charge >= 0.3 is 0 Å². The van der Waals surface area contributed by atoms with Gasteiger partial charge in [-0.3, -0.25) is 0 Å². The van der Waals surface area contributed by atoms with Gasteiger partial charge in [0.25, 0.3) is 0 Å². The maximum absolute atomic E-state index is 11.3. The van der Waals surface area contributed by atoms with Crippen LogP contribution in [0.4, 0.5) is 0 Å². The van der Waals surface area contributed by atoms with Crippen molar-refractivity contribution in [3.63, 3.8) is 0 Å². The van der Waals surface area contributed by atoms with Crippen molar-refractivity contribution < 1.29 is 14.6 Å². The number of hydrogen-bond acceptors (Lipinski definition) is 4. The normalized spacial score (nSPS) is 18.5. The Balaban J connectivity index is 1.96. The summed E-state index contributed by atoms with van der Waals surface area (Å²) in [6, 6.07) is 9.42. The third-order valence-corrected chi connectivity index (χ3v) is 5.05. The lowest BCUT2D eigenvalue weighted by molar-refractivity contribution is -0.0415. The van der Waals surface area contributed by atoms with Gasteiger partial charge in [-0.05, 0) is 41.1 Å². The lowest BCUT2D eigenvalue weighted by Gasteiger charge is -2.28. The molecule has 5 heteroatoms. The summed E-state index contributed by atoms with van der Waals surface area (Å²) in [6.07, 6.45) is 1.20. The molecule has 1 atom stereocenters. The van der Waals surface area contributed by atoms with E-state index in [-0.39, 0.29) is 6.29 Å². The fourth-order valence-corrected chi connectivity index (χ4v) is 3.94. The Hall–Kier alpha value is -0.910. The summed E-state index contributed by atoms with van der Waals surface area (Å²) in [5, 5.41) is 13.9. The number of rotatable bonds is 5. The molecule has 3 rings (SSSR count). The highest BCUT2D eigenvalue weighted by molar-refractivity contribution is 7.10. The molecular formula is C17H19ClO3S. The van der Waals surface area contributed by atoms with Crippen molar-refractivity contribution in [2.24, 2.45) is 0 Å². The molecule has 118 valence electrons. The number of thiophene rings is 1. The first-order valence-corrected chi connectivity index (χ1v) is 8.70. The van der Waals surface area contributed by atoms with E-state index in [2.05, 4.69) is 6.92 Å². The van der Waals surface area contributed by atoms with Crippen molar-refractivity contribution in [2.45, 2.75) is 31.7 Å². The van der Waals surface area contributed by atoms with Gasteiger partial charge in [0.2, 0.25) is 0 Å². The van der Waals surface area contributed by atoms with E-state index in [0.29, 0.717) is 24.7 Å². The molecule has 1 aromatic carbocycles. The van der Waals surface area contributed by atoms with Gasteiger partial charge in [-0.15, -0.1) is 11.3 Å². The molecule has 1 fully saturated rings. The van der Waals surface area contributed by atoms with Gasteiger partial charge in [0.1, 0.15) is 5.60 Å².